The molecule has 4 heteroatoms. The van der Waals surface area contributed by atoms with Crippen molar-refractivity contribution in [3.8, 4) is 5.75 Å². The Morgan fingerprint density at radius 1 is 1.25 bits per heavy atom. The molecular formula is C16H28N2O2. The van der Waals surface area contributed by atoms with Crippen molar-refractivity contribution < 1.29 is 9.47 Å². The van der Waals surface area contributed by atoms with Crippen LogP contribution in [-0.2, 0) is 4.74 Å². The molecule has 0 fully saturated rings. The lowest BCUT2D eigenvalue weighted by Crippen LogP contribution is -2.32. The quantitative estimate of drug-likeness (QED) is 0.667. The van der Waals surface area contributed by atoms with Gasteiger partial charge in [0.05, 0.1) is 13.7 Å². The van der Waals surface area contributed by atoms with Gasteiger partial charge in [-0.2, -0.15) is 0 Å². The number of ether oxygens (including phenoxy) is 2. The average molecular weight is 280 g/mol. The Morgan fingerprint density at radius 3 is 2.70 bits per heavy atom. The molecule has 0 saturated heterocycles. The average Bonchev–Trinajstić information content (AvgIpc) is 2.46. The zero-order valence-corrected chi connectivity index (χ0v) is 13.2. The van der Waals surface area contributed by atoms with Gasteiger partial charge < -0.3 is 19.7 Å². The molecular weight excluding hydrogens is 252 g/mol. The van der Waals surface area contributed by atoms with Gasteiger partial charge in [-0.15, -0.1) is 0 Å². The highest BCUT2D eigenvalue weighted by atomic mass is 16.5. The number of rotatable bonds is 10. The van der Waals surface area contributed by atoms with Crippen molar-refractivity contribution in [2.24, 2.45) is 0 Å². The molecule has 0 aliphatic heterocycles. The van der Waals surface area contributed by atoms with E-state index in [1.165, 1.54) is 5.56 Å². The summed E-state index contributed by atoms with van der Waals surface area (Å²) in [6, 6.07) is 8.58. The van der Waals surface area contributed by atoms with Gasteiger partial charge in [0.1, 0.15) is 5.75 Å². The van der Waals surface area contributed by atoms with Gasteiger partial charge in [0.2, 0.25) is 0 Å². The van der Waals surface area contributed by atoms with E-state index in [4.69, 9.17) is 9.47 Å². The Hall–Kier alpha value is -1.10. The van der Waals surface area contributed by atoms with Gasteiger partial charge >= 0.3 is 0 Å². The number of hydrogen-bond acceptors (Lipinski definition) is 4. The zero-order chi connectivity index (χ0) is 14.8. The van der Waals surface area contributed by atoms with Gasteiger partial charge in [-0.25, -0.2) is 0 Å². The molecule has 4 nitrogen and oxygen atoms in total. The van der Waals surface area contributed by atoms with E-state index < -0.39 is 0 Å². The molecule has 1 aromatic rings. The second kappa shape index (κ2) is 9.75. The fourth-order valence-corrected chi connectivity index (χ4v) is 2.08. The van der Waals surface area contributed by atoms with Crippen molar-refractivity contribution >= 4 is 0 Å². The van der Waals surface area contributed by atoms with Crippen LogP contribution in [0, 0.1) is 0 Å². The van der Waals surface area contributed by atoms with Crippen LogP contribution in [0.5, 0.6) is 5.75 Å². The largest absolute Gasteiger partial charge is 0.497 e. The lowest BCUT2D eigenvalue weighted by atomic mass is 10.1. The van der Waals surface area contributed by atoms with Crippen molar-refractivity contribution in [1.29, 1.82) is 0 Å². The molecule has 0 aliphatic carbocycles. The SMILES string of the molecule is CCCOCCNCC(c1cccc(OC)c1)N(C)C. The lowest BCUT2D eigenvalue weighted by Gasteiger charge is -2.25. The second-order valence-corrected chi connectivity index (χ2v) is 5.07. The Bertz CT molecular complexity index is 369. The minimum absolute atomic E-state index is 0.330. The van der Waals surface area contributed by atoms with E-state index in [0.717, 1.165) is 38.5 Å². The maximum atomic E-state index is 5.47. The molecule has 0 aromatic heterocycles. The molecule has 0 aliphatic rings. The highest BCUT2D eigenvalue weighted by Crippen LogP contribution is 2.21. The van der Waals surface area contributed by atoms with Gasteiger partial charge in [0.15, 0.2) is 0 Å². The van der Waals surface area contributed by atoms with Crippen LogP contribution in [0.4, 0.5) is 0 Å². The number of methoxy groups -OCH3 is 1. The summed E-state index contributed by atoms with van der Waals surface area (Å²) in [5.74, 6) is 0.903. The molecule has 1 unspecified atom stereocenters. The van der Waals surface area contributed by atoms with Crippen molar-refractivity contribution in [1.82, 2.24) is 10.2 Å². The van der Waals surface area contributed by atoms with Crippen LogP contribution >= 0.6 is 0 Å². The van der Waals surface area contributed by atoms with E-state index in [2.05, 4.69) is 43.4 Å². The van der Waals surface area contributed by atoms with Crippen molar-refractivity contribution in [2.75, 3.05) is 47.5 Å². The predicted molar refractivity (Wildman–Crippen MR) is 83.4 cm³/mol. The molecule has 1 aromatic carbocycles. The topological polar surface area (TPSA) is 33.7 Å². The number of nitrogens with zero attached hydrogens (tertiary/aromatic N) is 1. The molecule has 1 N–H and O–H groups in total. The van der Waals surface area contributed by atoms with Gasteiger partial charge in [0.25, 0.3) is 0 Å². The van der Waals surface area contributed by atoms with E-state index in [9.17, 15) is 0 Å². The minimum atomic E-state index is 0.330. The Balaban J connectivity index is 2.47. The van der Waals surface area contributed by atoms with Crippen LogP contribution in [0.2, 0.25) is 0 Å². The molecule has 0 bridgehead atoms. The normalized spacial score (nSPS) is 12.7. The standard InChI is InChI=1S/C16H28N2O2/c1-5-10-20-11-9-17-13-16(18(2)3)14-7-6-8-15(12-14)19-4/h6-8,12,16-17H,5,9-11,13H2,1-4H3. The Morgan fingerprint density at radius 2 is 2.05 bits per heavy atom. The van der Waals surface area contributed by atoms with Crippen LogP contribution in [0.3, 0.4) is 0 Å². The van der Waals surface area contributed by atoms with Crippen LogP contribution in [-0.4, -0.2) is 52.4 Å². The molecule has 0 heterocycles. The van der Waals surface area contributed by atoms with E-state index in [1.54, 1.807) is 7.11 Å². The maximum absolute atomic E-state index is 5.47. The lowest BCUT2D eigenvalue weighted by molar-refractivity contribution is 0.134. The monoisotopic (exact) mass is 280 g/mol. The summed E-state index contributed by atoms with van der Waals surface area (Å²) in [6.45, 7) is 5.52. The second-order valence-electron chi connectivity index (χ2n) is 5.07. The van der Waals surface area contributed by atoms with E-state index in [1.807, 2.05) is 12.1 Å². The third-order valence-electron chi connectivity index (χ3n) is 3.21. The highest BCUT2D eigenvalue weighted by Gasteiger charge is 2.14. The van der Waals surface area contributed by atoms with Crippen molar-refractivity contribution in [3.63, 3.8) is 0 Å². The molecule has 0 radical (unpaired) electrons. The first-order chi connectivity index (χ1) is 9.69. The number of likely N-dealkylation sites (N-methyl/N-ethyl adjacent to an activating group) is 1. The summed E-state index contributed by atoms with van der Waals surface area (Å²) in [7, 11) is 5.89. The van der Waals surface area contributed by atoms with Crippen molar-refractivity contribution in [3.05, 3.63) is 29.8 Å². The summed E-state index contributed by atoms with van der Waals surface area (Å²) in [4.78, 5) is 2.22. The van der Waals surface area contributed by atoms with E-state index in [-0.39, 0.29) is 0 Å². The summed E-state index contributed by atoms with van der Waals surface area (Å²) in [6.07, 6.45) is 1.07. The van der Waals surface area contributed by atoms with Crippen LogP contribution < -0.4 is 10.1 Å². The molecule has 20 heavy (non-hydrogen) atoms. The Kier molecular flexibility index (Phi) is 8.26. The first-order valence-electron chi connectivity index (χ1n) is 7.27. The molecule has 0 spiro atoms. The summed E-state index contributed by atoms with van der Waals surface area (Å²) in [5, 5.41) is 3.45. The maximum Gasteiger partial charge on any atom is 0.119 e. The number of benzene rings is 1. The van der Waals surface area contributed by atoms with Crippen LogP contribution in [0.1, 0.15) is 24.9 Å². The minimum Gasteiger partial charge on any atom is -0.497 e. The Labute approximate surface area is 123 Å². The van der Waals surface area contributed by atoms with E-state index >= 15 is 0 Å². The first-order valence-corrected chi connectivity index (χ1v) is 7.27. The van der Waals surface area contributed by atoms with Gasteiger partial charge in [-0.05, 0) is 38.2 Å². The van der Waals surface area contributed by atoms with Crippen LogP contribution in [0.25, 0.3) is 0 Å². The molecule has 1 atom stereocenters. The number of nitrogens with one attached hydrogen (secondary N) is 1. The first kappa shape index (κ1) is 17.0. The molecule has 1 rings (SSSR count). The highest BCUT2D eigenvalue weighted by molar-refractivity contribution is 5.30. The third-order valence-corrected chi connectivity index (χ3v) is 3.21. The fraction of sp³-hybridized carbons (Fsp3) is 0.625. The third kappa shape index (κ3) is 5.90. The van der Waals surface area contributed by atoms with Gasteiger partial charge in [-0.3, -0.25) is 0 Å². The fourth-order valence-electron chi connectivity index (χ4n) is 2.08. The summed E-state index contributed by atoms with van der Waals surface area (Å²) < 4.78 is 10.8. The van der Waals surface area contributed by atoms with Crippen LogP contribution in [0.15, 0.2) is 24.3 Å². The smallest absolute Gasteiger partial charge is 0.119 e. The van der Waals surface area contributed by atoms with Gasteiger partial charge in [-0.1, -0.05) is 19.1 Å². The number of hydrogen-bond donors (Lipinski definition) is 1. The van der Waals surface area contributed by atoms with Gasteiger partial charge in [0, 0.05) is 25.7 Å². The molecule has 114 valence electrons. The zero-order valence-electron chi connectivity index (χ0n) is 13.2. The summed E-state index contributed by atoms with van der Waals surface area (Å²) in [5.41, 5.74) is 1.26. The van der Waals surface area contributed by atoms with Crippen molar-refractivity contribution in [2.45, 2.75) is 19.4 Å². The summed E-state index contributed by atoms with van der Waals surface area (Å²) >= 11 is 0. The van der Waals surface area contributed by atoms with E-state index in [0.29, 0.717) is 6.04 Å². The molecule has 0 saturated carbocycles. The molecule has 0 amide bonds. The predicted octanol–water partition coefficient (Wildman–Crippen LogP) is 2.31.